The van der Waals surface area contributed by atoms with Gasteiger partial charge in [-0.3, -0.25) is 4.99 Å². The summed E-state index contributed by atoms with van der Waals surface area (Å²) >= 11 is 0. The van der Waals surface area contributed by atoms with Gasteiger partial charge in [0.15, 0.2) is 0 Å². The Kier molecular flexibility index (Phi) is 6.31. The first kappa shape index (κ1) is 17.9. The number of carbonyl (C=O) groups is 1. The molecule has 5 heteroatoms. The van der Waals surface area contributed by atoms with Gasteiger partial charge in [-0.05, 0) is 25.6 Å². The third-order valence-corrected chi connectivity index (χ3v) is 3.79. The summed E-state index contributed by atoms with van der Waals surface area (Å²) in [6.07, 6.45) is 0.236. The van der Waals surface area contributed by atoms with Crippen molar-refractivity contribution in [2.45, 2.75) is 40.7 Å². The summed E-state index contributed by atoms with van der Waals surface area (Å²) in [6.45, 7) is 11.6. The second-order valence-electron chi connectivity index (χ2n) is 5.74. The van der Waals surface area contributed by atoms with E-state index < -0.39 is 6.09 Å². The molecule has 2 N–H and O–H groups in total. The van der Waals surface area contributed by atoms with Crippen LogP contribution >= 0.6 is 0 Å². The highest BCUT2D eigenvalue weighted by molar-refractivity contribution is 5.69. The lowest BCUT2D eigenvalue weighted by Gasteiger charge is -2.28. The van der Waals surface area contributed by atoms with Gasteiger partial charge < -0.3 is 4.74 Å². The molecule has 0 aromatic heterocycles. The second kappa shape index (κ2) is 7.75. The fourth-order valence-corrected chi connectivity index (χ4v) is 2.03. The first-order valence-corrected chi connectivity index (χ1v) is 7.27. The lowest BCUT2D eigenvalue weighted by Crippen LogP contribution is -2.38. The molecule has 0 aliphatic heterocycles. The minimum absolute atomic E-state index is 0.175. The van der Waals surface area contributed by atoms with E-state index in [0.29, 0.717) is 11.4 Å². The molecule has 1 amide bonds. The average Bonchev–Trinajstić information content (AvgIpc) is 2.53. The van der Waals surface area contributed by atoms with Crippen molar-refractivity contribution in [2.24, 2.45) is 16.3 Å². The molecule has 1 rings (SSSR count). The summed E-state index contributed by atoms with van der Waals surface area (Å²) in [5.41, 5.74) is 1.92. The minimum atomic E-state index is -0.616. The number of amides is 1. The van der Waals surface area contributed by atoms with E-state index in [2.05, 4.69) is 11.7 Å². The summed E-state index contributed by atoms with van der Waals surface area (Å²) in [6, 6.07) is 9.44. The van der Waals surface area contributed by atoms with Gasteiger partial charge in [0.1, 0.15) is 6.61 Å². The third kappa shape index (κ3) is 4.43. The quantitative estimate of drug-likeness (QED) is 0.375. The van der Waals surface area contributed by atoms with Crippen molar-refractivity contribution < 1.29 is 9.53 Å². The summed E-state index contributed by atoms with van der Waals surface area (Å²) in [5.74, 6) is 5.87. The maximum Gasteiger partial charge on any atom is 0.428 e. The highest BCUT2D eigenvalue weighted by Gasteiger charge is 2.26. The van der Waals surface area contributed by atoms with Crippen LogP contribution in [0.25, 0.3) is 0 Å². The number of nitrogens with zero attached hydrogens (tertiary/aromatic N) is 2. The summed E-state index contributed by atoms with van der Waals surface area (Å²) in [7, 11) is 0. The van der Waals surface area contributed by atoms with E-state index in [1.165, 1.54) is 0 Å². The van der Waals surface area contributed by atoms with E-state index in [1.807, 2.05) is 51.1 Å². The molecule has 0 bridgehead atoms. The number of allylic oxidation sites excluding steroid dienone is 2. The Hall–Kier alpha value is -2.14. The minimum Gasteiger partial charge on any atom is -0.443 e. The second-order valence-corrected chi connectivity index (χ2v) is 5.74. The highest BCUT2D eigenvalue weighted by atomic mass is 16.6. The van der Waals surface area contributed by atoms with E-state index in [4.69, 9.17) is 10.6 Å². The molecule has 0 heterocycles. The van der Waals surface area contributed by atoms with Gasteiger partial charge in [-0.1, -0.05) is 51.1 Å². The predicted molar refractivity (Wildman–Crippen MR) is 89.0 cm³/mol. The van der Waals surface area contributed by atoms with Crippen molar-refractivity contribution >= 4 is 12.8 Å². The topological polar surface area (TPSA) is 67.9 Å². The predicted octanol–water partition coefficient (Wildman–Crippen LogP) is 3.87. The van der Waals surface area contributed by atoms with Crippen LogP contribution in [0.2, 0.25) is 0 Å². The molecule has 0 fully saturated rings. The number of ether oxygens (including phenoxy) is 1. The normalized spacial score (nSPS) is 12.4. The summed E-state index contributed by atoms with van der Waals surface area (Å²) in [5, 5.41) is 0.990. The van der Waals surface area contributed by atoms with E-state index in [0.717, 1.165) is 17.0 Å². The molecule has 0 saturated heterocycles. The maximum atomic E-state index is 12.1. The lowest BCUT2D eigenvalue weighted by molar-refractivity contribution is 0.106. The summed E-state index contributed by atoms with van der Waals surface area (Å²) < 4.78 is 5.22. The standard InChI is InChI=1S/C17H25N3O2/c1-6-17(3,4)15(19-5)13(2)20(18)16(21)22-12-14-10-8-7-9-11-14/h7-11H,5-6,12,18H2,1-4H3/b15-13-. The molecule has 5 nitrogen and oxygen atoms in total. The van der Waals surface area contributed by atoms with Crippen LogP contribution in [0.15, 0.2) is 46.7 Å². The number of hydrazine groups is 1. The van der Waals surface area contributed by atoms with Crippen LogP contribution < -0.4 is 5.84 Å². The Labute approximate surface area is 132 Å². The van der Waals surface area contributed by atoms with Crippen LogP contribution in [0.3, 0.4) is 0 Å². The van der Waals surface area contributed by atoms with Gasteiger partial charge in [-0.2, -0.15) is 0 Å². The van der Waals surface area contributed by atoms with E-state index in [9.17, 15) is 4.79 Å². The Bertz CT molecular complexity index is 550. The molecule has 0 radical (unpaired) electrons. The van der Waals surface area contributed by atoms with Crippen LogP contribution in [-0.4, -0.2) is 17.8 Å². The Morgan fingerprint density at radius 3 is 2.45 bits per heavy atom. The van der Waals surface area contributed by atoms with Crippen molar-refractivity contribution in [3.8, 4) is 0 Å². The zero-order valence-electron chi connectivity index (χ0n) is 13.8. The number of aliphatic imine (C=N–C) groups is 1. The van der Waals surface area contributed by atoms with Crippen LogP contribution in [-0.2, 0) is 11.3 Å². The molecule has 1 aromatic rings. The molecule has 22 heavy (non-hydrogen) atoms. The first-order valence-electron chi connectivity index (χ1n) is 7.27. The largest absolute Gasteiger partial charge is 0.443 e. The maximum absolute atomic E-state index is 12.1. The number of hydrogen-bond donors (Lipinski definition) is 1. The van der Waals surface area contributed by atoms with Gasteiger partial charge in [0.25, 0.3) is 0 Å². The molecule has 0 saturated carbocycles. The monoisotopic (exact) mass is 303 g/mol. The van der Waals surface area contributed by atoms with Crippen LogP contribution in [0.4, 0.5) is 4.79 Å². The lowest BCUT2D eigenvalue weighted by atomic mass is 9.85. The number of benzene rings is 1. The first-order chi connectivity index (χ1) is 10.3. The van der Waals surface area contributed by atoms with Gasteiger partial charge in [0.2, 0.25) is 0 Å². The van der Waals surface area contributed by atoms with E-state index in [-0.39, 0.29) is 12.0 Å². The Morgan fingerprint density at radius 1 is 1.36 bits per heavy atom. The van der Waals surface area contributed by atoms with Gasteiger partial charge in [-0.25, -0.2) is 15.6 Å². The van der Waals surface area contributed by atoms with E-state index >= 15 is 0 Å². The molecule has 0 spiro atoms. The van der Waals surface area contributed by atoms with Gasteiger partial charge in [0, 0.05) is 5.41 Å². The molecule has 0 aliphatic rings. The third-order valence-electron chi connectivity index (χ3n) is 3.79. The van der Waals surface area contributed by atoms with Gasteiger partial charge >= 0.3 is 6.09 Å². The van der Waals surface area contributed by atoms with Crippen LogP contribution in [0, 0.1) is 5.41 Å². The summed E-state index contributed by atoms with van der Waals surface area (Å²) in [4.78, 5) is 16.1. The Balaban J connectivity index is 2.82. The number of nitrogens with two attached hydrogens (primary N) is 1. The molecular formula is C17H25N3O2. The van der Waals surface area contributed by atoms with Crippen LogP contribution in [0.5, 0.6) is 0 Å². The number of carbonyl (C=O) groups excluding carboxylic acids is 1. The van der Waals surface area contributed by atoms with Crippen molar-refractivity contribution in [1.29, 1.82) is 0 Å². The average molecular weight is 303 g/mol. The van der Waals surface area contributed by atoms with Crippen LogP contribution in [0.1, 0.15) is 39.7 Å². The van der Waals surface area contributed by atoms with E-state index in [1.54, 1.807) is 6.92 Å². The fourth-order valence-electron chi connectivity index (χ4n) is 2.03. The molecular weight excluding hydrogens is 278 g/mol. The SMILES string of the molecule is C=N/C(=C(/C)N(N)C(=O)OCc1ccccc1)C(C)(C)CC. The number of rotatable bonds is 6. The molecule has 0 aliphatic carbocycles. The zero-order valence-corrected chi connectivity index (χ0v) is 13.8. The molecule has 0 atom stereocenters. The van der Waals surface area contributed by atoms with Crippen molar-refractivity contribution in [2.75, 3.05) is 0 Å². The number of hydrogen-bond acceptors (Lipinski definition) is 4. The molecule has 120 valence electrons. The smallest absolute Gasteiger partial charge is 0.428 e. The molecule has 1 aromatic carbocycles. The van der Waals surface area contributed by atoms with Gasteiger partial charge in [-0.15, -0.1) is 0 Å². The molecule has 0 unspecified atom stereocenters. The van der Waals surface area contributed by atoms with Crippen molar-refractivity contribution in [3.05, 3.63) is 47.3 Å². The zero-order chi connectivity index (χ0) is 16.8. The van der Waals surface area contributed by atoms with Gasteiger partial charge in [0.05, 0.1) is 11.4 Å². The Morgan fingerprint density at radius 2 is 1.95 bits per heavy atom. The van der Waals surface area contributed by atoms with Crippen molar-refractivity contribution in [3.63, 3.8) is 0 Å². The fraction of sp³-hybridized carbons (Fsp3) is 0.412. The van der Waals surface area contributed by atoms with Crippen molar-refractivity contribution in [1.82, 2.24) is 5.01 Å². The highest BCUT2D eigenvalue weighted by Crippen LogP contribution is 2.33.